The minimum Gasteiger partial charge on any atom is -0.492 e. The number of aromatic nitrogens is 2. The highest BCUT2D eigenvalue weighted by atomic mass is 16.5. The molecule has 0 radical (unpaired) electrons. The molecule has 7 heteroatoms. The van der Waals surface area contributed by atoms with Gasteiger partial charge in [-0.05, 0) is 50.6 Å². The summed E-state index contributed by atoms with van der Waals surface area (Å²) in [6.07, 6.45) is 12.6. The van der Waals surface area contributed by atoms with Crippen molar-refractivity contribution in [2.75, 3.05) is 23.8 Å². The third-order valence-corrected chi connectivity index (χ3v) is 5.16. The molecule has 1 fully saturated rings. The van der Waals surface area contributed by atoms with Crippen molar-refractivity contribution in [1.29, 1.82) is 0 Å². The molecule has 3 N–H and O–H groups in total. The number of carbonyl (C=O) groups is 1. The molecule has 4 rings (SSSR count). The lowest BCUT2D eigenvalue weighted by molar-refractivity contribution is -0.111. The smallest absolute Gasteiger partial charge is 0.248 e. The Morgan fingerprint density at radius 1 is 1.34 bits per heavy atom. The maximum absolute atomic E-state index is 12.6. The quantitative estimate of drug-likeness (QED) is 0.390. The minimum atomic E-state index is -0.216. The Morgan fingerprint density at radius 2 is 2.25 bits per heavy atom. The summed E-state index contributed by atoms with van der Waals surface area (Å²) in [6, 6.07) is 11.4. The number of carbonyl (C=O) groups excluding carboxylic acids is 1. The lowest BCUT2D eigenvalue weighted by Gasteiger charge is -2.14. The Kier molecular flexibility index (Phi) is 6.63. The molecule has 32 heavy (non-hydrogen) atoms. The number of benzene rings is 2. The topological polar surface area (TPSA) is 88.2 Å². The van der Waals surface area contributed by atoms with Crippen LogP contribution in [0.15, 0.2) is 54.9 Å². The van der Waals surface area contributed by atoms with Gasteiger partial charge in [0.25, 0.3) is 0 Å². The van der Waals surface area contributed by atoms with Gasteiger partial charge >= 0.3 is 0 Å². The minimum absolute atomic E-state index is 0.216. The molecule has 1 atom stereocenters. The molecule has 1 aliphatic rings. The van der Waals surface area contributed by atoms with E-state index >= 15 is 0 Å². The van der Waals surface area contributed by atoms with E-state index in [2.05, 4.69) is 31.8 Å². The van der Waals surface area contributed by atoms with Gasteiger partial charge in [0.2, 0.25) is 5.91 Å². The molecule has 0 saturated carbocycles. The average Bonchev–Trinajstić information content (AvgIpc) is 3.33. The Bertz CT molecular complexity index is 1190. The molecule has 162 valence electrons. The van der Waals surface area contributed by atoms with Crippen molar-refractivity contribution in [3.05, 3.63) is 60.4 Å². The van der Waals surface area contributed by atoms with Crippen LogP contribution < -0.4 is 20.7 Å². The van der Waals surface area contributed by atoms with Gasteiger partial charge < -0.3 is 20.7 Å². The lowest BCUT2D eigenvalue weighted by atomic mass is 10.1. The number of hydrogen-bond donors (Lipinski definition) is 3. The van der Waals surface area contributed by atoms with Crippen LogP contribution in [0.1, 0.15) is 25.3 Å². The van der Waals surface area contributed by atoms with Crippen LogP contribution in [0.25, 0.3) is 10.9 Å². The molecule has 1 aliphatic heterocycles. The predicted octanol–water partition coefficient (Wildman–Crippen LogP) is 4.00. The van der Waals surface area contributed by atoms with Crippen LogP contribution in [0.2, 0.25) is 0 Å². The van der Waals surface area contributed by atoms with Gasteiger partial charge in [-0.25, -0.2) is 9.97 Å². The Balaban J connectivity index is 1.65. The molecule has 7 nitrogen and oxygen atoms in total. The summed E-state index contributed by atoms with van der Waals surface area (Å²) >= 11 is 0. The zero-order valence-electron chi connectivity index (χ0n) is 17.9. The normalized spacial score (nSPS) is 15.6. The monoisotopic (exact) mass is 427 g/mol. The Morgan fingerprint density at radius 3 is 3.03 bits per heavy atom. The fourth-order valence-electron chi connectivity index (χ4n) is 3.63. The van der Waals surface area contributed by atoms with Crippen LogP contribution in [-0.4, -0.2) is 35.1 Å². The van der Waals surface area contributed by atoms with Crippen molar-refractivity contribution in [3.8, 4) is 18.1 Å². The van der Waals surface area contributed by atoms with Crippen molar-refractivity contribution in [3.63, 3.8) is 0 Å². The summed E-state index contributed by atoms with van der Waals surface area (Å²) < 4.78 is 5.76. The van der Waals surface area contributed by atoms with E-state index in [0.29, 0.717) is 29.4 Å². The molecular weight excluding hydrogens is 402 g/mol. The fourth-order valence-corrected chi connectivity index (χ4v) is 3.63. The van der Waals surface area contributed by atoms with Gasteiger partial charge in [0, 0.05) is 34.8 Å². The van der Waals surface area contributed by atoms with Gasteiger partial charge in [0.1, 0.15) is 17.9 Å². The maximum atomic E-state index is 12.6. The fraction of sp³-hybridized carbons (Fsp3) is 0.240. The van der Waals surface area contributed by atoms with Gasteiger partial charge in [0.15, 0.2) is 0 Å². The number of hydrogen-bond acceptors (Lipinski definition) is 6. The largest absolute Gasteiger partial charge is 0.492 e. The maximum Gasteiger partial charge on any atom is 0.248 e. The van der Waals surface area contributed by atoms with E-state index in [0.717, 1.165) is 36.0 Å². The molecule has 1 unspecified atom stereocenters. The summed E-state index contributed by atoms with van der Waals surface area (Å²) in [4.78, 5) is 21.3. The number of nitrogens with zero attached hydrogens (tertiary/aromatic N) is 2. The molecule has 1 aromatic heterocycles. The van der Waals surface area contributed by atoms with Crippen molar-refractivity contribution in [2.45, 2.75) is 25.8 Å². The number of anilines is 3. The first-order valence-corrected chi connectivity index (χ1v) is 10.6. The predicted molar refractivity (Wildman–Crippen MR) is 127 cm³/mol. The van der Waals surface area contributed by atoms with Crippen molar-refractivity contribution in [1.82, 2.24) is 15.3 Å². The van der Waals surface area contributed by atoms with E-state index in [-0.39, 0.29) is 11.9 Å². The van der Waals surface area contributed by atoms with Crippen molar-refractivity contribution < 1.29 is 9.53 Å². The number of fused-ring (bicyclic) bond motifs is 1. The molecule has 1 saturated heterocycles. The highest BCUT2D eigenvalue weighted by Crippen LogP contribution is 2.33. The van der Waals surface area contributed by atoms with Gasteiger partial charge in [0.05, 0.1) is 17.8 Å². The van der Waals surface area contributed by atoms with Gasteiger partial charge in [-0.2, -0.15) is 0 Å². The summed E-state index contributed by atoms with van der Waals surface area (Å²) in [5, 5.41) is 10.3. The molecule has 1 amide bonds. The molecule has 0 aliphatic carbocycles. The number of rotatable bonds is 7. The summed E-state index contributed by atoms with van der Waals surface area (Å²) in [5.41, 5.74) is 2.83. The summed E-state index contributed by atoms with van der Waals surface area (Å²) in [6.45, 7) is 3.34. The summed E-state index contributed by atoms with van der Waals surface area (Å²) in [5.74, 6) is 3.57. The SMILES string of the molecule is C#Cc1cccc(Nc2ncnc3cc(OCC)c(NC(=O)/C=C/C4CCCN4)cc23)c1. The van der Waals surface area contributed by atoms with Crippen LogP contribution in [0.3, 0.4) is 0 Å². The lowest BCUT2D eigenvalue weighted by Crippen LogP contribution is -2.19. The third kappa shape index (κ3) is 5.05. The van der Waals surface area contributed by atoms with Gasteiger partial charge in [-0.3, -0.25) is 4.79 Å². The van der Waals surface area contributed by atoms with E-state index in [1.165, 1.54) is 6.33 Å². The average molecular weight is 428 g/mol. The van der Waals surface area contributed by atoms with Crippen LogP contribution in [0.4, 0.5) is 17.2 Å². The van der Waals surface area contributed by atoms with E-state index in [1.54, 1.807) is 12.1 Å². The molecule has 0 bridgehead atoms. The van der Waals surface area contributed by atoms with Gasteiger partial charge in [-0.15, -0.1) is 6.42 Å². The Hall–Kier alpha value is -3.89. The van der Waals surface area contributed by atoms with E-state index in [9.17, 15) is 4.79 Å². The molecule has 2 aromatic carbocycles. The first kappa shape index (κ1) is 21.3. The molecule has 2 heterocycles. The number of terminal acetylenes is 1. The summed E-state index contributed by atoms with van der Waals surface area (Å²) in [7, 11) is 0. The second kappa shape index (κ2) is 9.94. The highest BCUT2D eigenvalue weighted by molar-refractivity contribution is 6.03. The molecule has 3 aromatic rings. The Labute approximate surface area is 187 Å². The van der Waals surface area contributed by atoms with E-state index in [4.69, 9.17) is 11.2 Å². The number of nitrogens with one attached hydrogen (secondary N) is 3. The highest BCUT2D eigenvalue weighted by Gasteiger charge is 2.14. The van der Waals surface area contributed by atoms with Gasteiger partial charge in [-0.1, -0.05) is 18.1 Å². The third-order valence-electron chi connectivity index (χ3n) is 5.16. The molecule has 0 spiro atoms. The van der Waals surface area contributed by atoms with Crippen LogP contribution >= 0.6 is 0 Å². The zero-order chi connectivity index (χ0) is 22.3. The van der Waals surface area contributed by atoms with E-state index < -0.39 is 0 Å². The van der Waals surface area contributed by atoms with Crippen molar-refractivity contribution in [2.24, 2.45) is 0 Å². The van der Waals surface area contributed by atoms with Crippen LogP contribution in [0, 0.1) is 12.3 Å². The first-order valence-electron chi connectivity index (χ1n) is 10.6. The zero-order valence-corrected chi connectivity index (χ0v) is 17.9. The van der Waals surface area contributed by atoms with Crippen LogP contribution in [-0.2, 0) is 4.79 Å². The van der Waals surface area contributed by atoms with Crippen molar-refractivity contribution >= 4 is 34.0 Å². The van der Waals surface area contributed by atoms with Crippen LogP contribution in [0.5, 0.6) is 5.75 Å². The van der Waals surface area contributed by atoms with E-state index in [1.807, 2.05) is 43.3 Å². The second-order valence-corrected chi connectivity index (χ2v) is 7.42. The first-order chi connectivity index (χ1) is 15.7. The molecular formula is C25H25N5O2. The standard InChI is InChI=1S/C25H25N5O2/c1-3-17-7-5-8-19(13-17)29-25-20-14-22(23(32-4-2)15-21(20)27-16-28-25)30-24(31)11-10-18-9-6-12-26-18/h1,5,7-8,10-11,13-16,18,26H,4,6,9,12H2,2H3,(H,30,31)(H,27,28,29)/b11-10+. The number of amides is 1. The second-order valence-electron chi connectivity index (χ2n) is 7.42. The number of ether oxygens (including phenoxy) is 1.